The minimum atomic E-state index is -0.591. The first-order chi connectivity index (χ1) is 10.6. The molecule has 0 spiro atoms. The fraction of sp³-hybridized carbons (Fsp3) is 0.368. The third kappa shape index (κ3) is 2.31. The number of hydrogen-bond acceptors (Lipinski definition) is 3. The third-order valence-corrected chi connectivity index (χ3v) is 4.45. The molecule has 1 heterocycles. The van der Waals surface area contributed by atoms with Gasteiger partial charge < -0.3 is 9.64 Å². The van der Waals surface area contributed by atoms with Gasteiger partial charge in [-0.1, -0.05) is 48.0 Å². The average Bonchev–Trinajstić information content (AvgIpc) is 2.92. The Bertz CT molecular complexity index is 645. The third-order valence-electron chi connectivity index (χ3n) is 4.45. The average molecular weight is 296 g/mol. The van der Waals surface area contributed by atoms with E-state index < -0.39 is 5.85 Å². The molecule has 3 nitrogen and oxygen atoms in total. The Kier molecular flexibility index (Phi) is 3.94. The van der Waals surface area contributed by atoms with Crippen molar-refractivity contribution >= 4 is 5.69 Å². The Balaban J connectivity index is 2.14. The lowest BCUT2D eigenvalue weighted by molar-refractivity contribution is -0.0257. The van der Waals surface area contributed by atoms with E-state index >= 15 is 0 Å². The molecule has 1 atom stereocenters. The van der Waals surface area contributed by atoms with Crippen molar-refractivity contribution in [3.8, 4) is 0 Å². The van der Waals surface area contributed by atoms with Crippen LogP contribution in [0, 0.1) is 20.8 Å². The second-order valence-electron chi connectivity index (χ2n) is 6.04. The van der Waals surface area contributed by atoms with Crippen molar-refractivity contribution in [1.82, 2.24) is 5.32 Å². The van der Waals surface area contributed by atoms with Crippen LogP contribution in [0.2, 0.25) is 0 Å². The minimum absolute atomic E-state index is 0.591. The lowest BCUT2D eigenvalue weighted by atomic mass is 10.0. The molecule has 22 heavy (non-hydrogen) atoms. The van der Waals surface area contributed by atoms with Gasteiger partial charge in [0.05, 0.1) is 0 Å². The van der Waals surface area contributed by atoms with Crippen molar-refractivity contribution < 1.29 is 4.74 Å². The quantitative estimate of drug-likeness (QED) is 0.938. The molecule has 3 heteroatoms. The van der Waals surface area contributed by atoms with Crippen LogP contribution in [0.3, 0.4) is 0 Å². The molecule has 0 amide bonds. The maximum Gasteiger partial charge on any atom is 0.225 e. The monoisotopic (exact) mass is 296 g/mol. The molecule has 0 radical (unpaired) electrons. The highest BCUT2D eigenvalue weighted by atomic mass is 16.5. The predicted octanol–water partition coefficient (Wildman–Crippen LogP) is 3.48. The van der Waals surface area contributed by atoms with Crippen LogP contribution in [0.4, 0.5) is 5.69 Å². The van der Waals surface area contributed by atoms with Gasteiger partial charge in [0.2, 0.25) is 5.85 Å². The van der Waals surface area contributed by atoms with Gasteiger partial charge in [-0.3, -0.25) is 5.32 Å². The number of hydrogen-bond donors (Lipinski definition) is 1. The normalized spacial score (nSPS) is 21.4. The number of benzene rings is 2. The van der Waals surface area contributed by atoms with Crippen molar-refractivity contribution in [3.05, 3.63) is 64.7 Å². The van der Waals surface area contributed by atoms with E-state index in [0.717, 1.165) is 18.7 Å². The fourth-order valence-electron chi connectivity index (χ4n) is 3.68. The Morgan fingerprint density at radius 3 is 2.27 bits per heavy atom. The van der Waals surface area contributed by atoms with Crippen LogP contribution in [0.25, 0.3) is 0 Å². The van der Waals surface area contributed by atoms with E-state index in [1.807, 2.05) is 6.07 Å². The first-order valence-corrected chi connectivity index (χ1v) is 7.79. The molecule has 1 fully saturated rings. The minimum Gasteiger partial charge on any atom is -0.342 e. The summed E-state index contributed by atoms with van der Waals surface area (Å²) in [6.07, 6.45) is 0. The number of rotatable bonds is 3. The van der Waals surface area contributed by atoms with E-state index in [2.05, 4.69) is 67.4 Å². The zero-order chi connectivity index (χ0) is 15.7. The van der Waals surface area contributed by atoms with Gasteiger partial charge in [-0.25, -0.2) is 0 Å². The molecule has 1 N–H and O–H groups in total. The largest absolute Gasteiger partial charge is 0.342 e. The lowest BCUT2D eigenvalue weighted by Crippen LogP contribution is -2.51. The number of nitrogens with one attached hydrogen (secondary N) is 1. The van der Waals surface area contributed by atoms with Gasteiger partial charge in [0.1, 0.15) is 0 Å². The topological polar surface area (TPSA) is 24.5 Å². The van der Waals surface area contributed by atoms with E-state index in [4.69, 9.17) is 4.74 Å². The molecule has 1 aliphatic heterocycles. The van der Waals surface area contributed by atoms with Crippen LogP contribution in [0.1, 0.15) is 22.3 Å². The smallest absolute Gasteiger partial charge is 0.225 e. The molecule has 0 aliphatic carbocycles. The first kappa shape index (κ1) is 15.1. The summed E-state index contributed by atoms with van der Waals surface area (Å²) in [4.78, 5) is 2.35. The molecule has 2 aromatic carbocycles. The summed E-state index contributed by atoms with van der Waals surface area (Å²) in [5.41, 5.74) is 6.28. The van der Waals surface area contributed by atoms with Crippen LogP contribution in [0.15, 0.2) is 42.5 Å². The Hall–Kier alpha value is -1.84. The van der Waals surface area contributed by atoms with Crippen LogP contribution < -0.4 is 10.2 Å². The van der Waals surface area contributed by atoms with Crippen molar-refractivity contribution in [2.24, 2.45) is 0 Å². The highest BCUT2D eigenvalue weighted by Crippen LogP contribution is 2.38. The van der Waals surface area contributed by atoms with E-state index in [1.165, 1.54) is 22.4 Å². The van der Waals surface area contributed by atoms with Crippen molar-refractivity contribution in [2.45, 2.75) is 26.6 Å². The van der Waals surface area contributed by atoms with Crippen molar-refractivity contribution in [2.75, 3.05) is 25.1 Å². The Morgan fingerprint density at radius 2 is 1.68 bits per heavy atom. The molecule has 1 unspecified atom stereocenters. The van der Waals surface area contributed by atoms with Crippen LogP contribution in [-0.2, 0) is 10.6 Å². The summed E-state index contributed by atoms with van der Waals surface area (Å²) < 4.78 is 6.01. The summed E-state index contributed by atoms with van der Waals surface area (Å²) in [7, 11) is 1.77. The van der Waals surface area contributed by atoms with E-state index in [-0.39, 0.29) is 0 Å². The first-order valence-electron chi connectivity index (χ1n) is 7.79. The molecule has 0 saturated carbocycles. The molecule has 116 valence electrons. The van der Waals surface area contributed by atoms with Crippen LogP contribution in [0.5, 0.6) is 0 Å². The van der Waals surface area contributed by atoms with E-state index in [9.17, 15) is 0 Å². The molecule has 0 aromatic heterocycles. The van der Waals surface area contributed by atoms with Crippen LogP contribution >= 0.6 is 0 Å². The molecule has 0 bridgehead atoms. The highest BCUT2D eigenvalue weighted by molar-refractivity contribution is 5.63. The Morgan fingerprint density at radius 1 is 1.05 bits per heavy atom. The number of aryl methyl sites for hydroxylation is 3. The zero-order valence-electron chi connectivity index (χ0n) is 13.8. The molecule has 1 saturated heterocycles. The molecule has 1 aliphatic rings. The molecule has 2 aromatic rings. The summed E-state index contributed by atoms with van der Waals surface area (Å²) >= 11 is 0. The van der Waals surface area contributed by atoms with Gasteiger partial charge in [-0.05, 0) is 31.9 Å². The molecule has 3 rings (SSSR count). The van der Waals surface area contributed by atoms with Crippen molar-refractivity contribution in [1.29, 1.82) is 0 Å². The predicted molar refractivity (Wildman–Crippen MR) is 91.1 cm³/mol. The Labute approximate surface area is 132 Å². The second kappa shape index (κ2) is 5.75. The number of anilines is 1. The lowest BCUT2D eigenvalue weighted by Gasteiger charge is -2.40. The van der Waals surface area contributed by atoms with E-state index in [1.54, 1.807) is 7.11 Å². The standard InChI is InChI=1S/C19H24N2O/c1-14-12-15(2)18(16(3)13-14)21-11-10-20-19(21,22-4)17-8-6-5-7-9-17/h5-9,12-13,20H,10-11H2,1-4H3. The van der Waals surface area contributed by atoms with E-state index in [0.29, 0.717) is 0 Å². The van der Waals surface area contributed by atoms with Gasteiger partial charge >= 0.3 is 0 Å². The van der Waals surface area contributed by atoms with Gasteiger partial charge in [0.25, 0.3) is 0 Å². The molecular formula is C19H24N2O. The summed E-state index contributed by atoms with van der Waals surface area (Å²) in [5.74, 6) is -0.591. The maximum atomic E-state index is 6.01. The van der Waals surface area contributed by atoms with Gasteiger partial charge in [-0.2, -0.15) is 0 Å². The van der Waals surface area contributed by atoms with Gasteiger partial charge in [0.15, 0.2) is 0 Å². The summed E-state index contributed by atoms with van der Waals surface area (Å²) in [6.45, 7) is 8.33. The molecular weight excluding hydrogens is 272 g/mol. The van der Waals surface area contributed by atoms with Gasteiger partial charge in [0, 0.05) is 31.5 Å². The van der Waals surface area contributed by atoms with Gasteiger partial charge in [-0.15, -0.1) is 0 Å². The summed E-state index contributed by atoms with van der Waals surface area (Å²) in [5, 5.41) is 3.56. The summed E-state index contributed by atoms with van der Waals surface area (Å²) in [6, 6.07) is 14.9. The number of nitrogens with zero attached hydrogens (tertiary/aromatic N) is 1. The zero-order valence-corrected chi connectivity index (χ0v) is 13.8. The highest BCUT2D eigenvalue weighted by Gasteiger charge is 2.43. The fourth-order valence-corrected chi connectivity index (χ4v) is 3.68. The number of ether oxygens (including phenoxy) is 1. The maximum absolute atomic E-state index is 6.01. The SMILES string of the molecule is COC1(c2ccccc2)NCCN1c1c(C)cc(C)cc1C. The number of methoxy groups -OCH3 is 1. The van der Waals surface area contributed by atoms with Crippen molar-refractivity contribution in [3.63, 3.8) is 0 Å². The van der Waals surface area contributed by atoms with Crippen LogP contribution in [-0.4, -0.2) is 20.2 Å². The second-order valence-corrected chi connectivity index (χ2v) is 6.04.